The van der Waals surface area contributed by atoms with Crippen molar-refractivity contribution in [2.24, 2.45) is 7.05 Å². The van der Waals surface area contributed by atoms with E-state index in [-0.39, 0.29) is 5.91 Å². The molecule has 0 saturated heterocycles. The number of nitrogens with zero attached hydrogens (tertiary/aromatic N) is 5. The number of amides is 1. The van der Waals surface area contributed by atoms with Gasteiger partial charge in [0.1, 0.15) is 16.7 Å². The Morgan fingerprint density at radius 1 is 1.45 bits per heavy atom. The van der Waals surface area contributed by atoms with Gasteiger partial charge in [0.15, 0.2) is 5.82 Å². The number of hydrogen-bond donors (Lipinski definition) is 0. The van der Waals surface area contributed by atoms with Gasteiger partial charge in [-0.1, -0.05) is 6.08 Å². The van der Waals surface area contributed by atoms with E-state index in [4.69, 9.17) is 11.6 Å². The van der Waals surface area contributed by atoms with E-state index in [2.05, 4.69) is 21.1 Å². The number of alkyl halides is 1. The van der Waals surface area contributed by atoms with Crippen molar-refractivity contribution in [1.82, 2.24) is 24.6 Å². The number of rotatable bonds is 3. The highest BCUT2D eigenvalue weighted by Gasteiger charge is 2.22. The molecule has 3 rings (SSSR count). The fourth-order valence-electron chi connectivity index (χ4n) is 2.29. The van der Waals surface area contributed by atoms with Crippen molar-refractivity contribution in [1.29, 1.82) is 0 Å². The molecule has 6 nitrogen and oxygen atoms in total. The molecule has 2 aromatic heterocycles. The second-order valence-corrected chi connectivity index (χ2v) is 6.84. The van der Waals surface area contributed by atoms with Crippen molar-refractivity contribution in [3.63, 3.8) is 0 Å². The van der Waals surface area contributed by atoms with Crippen LogP contribution in [0.1, 0.15) is 18.4 Å². The average Bonchev–Trinajstić information content (AvgIpc) is 3.15. The van der Waals surface area contributed by atoms with Gasteiger partial charge in [-0.3, -0.25) is 9.48 Å². The standard InChI is InChI=1S/C14H16ClN5OS/c1-9(15)14(21)20-5-3-10(4-6-20)13-16-7-11(22-13)12-17-8-19(2)18-12/h3,7-9H,4-6H2,1-2H3. The third-order valence-corrected chi connectivity index (χ3v) is 4.72. The van der Waals surface area contributed by atoms with Crippen LogP contribution in [-0.2, 0) is 11.8 Å². The summed E-state index contributed by atoms with van der Waals surface area (Å²) in [4.78, 5) is 23.3. The predicted molar refractivity (Wildman–Crippen MR) is 86.6 cm³/mol. The van der Waals surface area contributed by atoms with Gasteiger partial charge in [0.2, 0.25) is 5.91 Å². The van der Waals surface area contributed by atoms with E-state index in [1.54, 1.807) is 40.4 Å². The Kier molecular flexibility index (Phi) is 4.26. The molecule has 0 aliphatic carbocycles. The lowest BCUT2D eigenvalue weighted by Gasteiger charge is -2.26. The quantitative estimate of drug-likeness (QED) is 0.805. The Hall–Kier alpha value is -1.73. The number of aryl methyl sites for hydroxylation is 1. The van der Waals surface area contributed by atoms with Gasteiger partial charge in [-0.2, -0.15) is 5.10 Å². The molecular formula is C14H16ClN5OS. The van der Waals surface area contributed by atoms with E-state index in [1.165, 1.54) is 5.57 Å². The van der Waals surface area contributed by atoms with E-state index >= 15 is 0 Å². The second-order valence-electron chi connectivity index (χ2n) is 5.15. The summed E-state index contributed by atoms with van der Waals surface area (Å²) in [6, 6.07) is 0. The summed E-state index contributed by atoms with van der Waals surface area (Å²) in [6.07, 6.45) is 6.31. The number of aromatic nitrogens is 4. The summed E-state index contributed by atoms with van der Waals surface area (Å²) in [5.41, 5.74) is 1.17. The maximum Gasteiger partial charge on any atom is 0.240 e. The molecule has 0 aromatic carbocycles. The average molecular weight is 338 g/mol. The van der Waals surface area contributed by atoms with Crippen LogP contribution in [0.15, 0.2) is 18.6 Å². The summed E-state index contributed by atoms with van der Waals surface area (Å²) >= 11 is 7.42. The fourth-order valence-corrected chi connectivity index (χ4v) is 3.35. The van der Waals surface area contributed by atoms with Gasteiger partial charge in [-0.25, -0.2) is 9.97 Å². The molecule has 1 amide bonds. The van der Waals surface area contributed by atoms with Crippen molar-refractivity contribution >= 4 is 34.4 Å². The highest BCUT2D eigenvalue weighted by Crippen LogP contribution is 2.30. The summed E-state index contributed by atoms with van der Waals surface area (Å²) < 4.78 is 1.67. The normalized spacial score (nSPS) is 16.5. The lowest BCUT2D eigenvalue weighted by molar-refractivity contribution is -0.130. The van der Waals surface area contributed by atoms with E-state index in [0.29, 0.717) is 18.9 Å². The van der Waals surface area contributed by atoms with Gasteiger partial charge in [0, 0.05) is 26.3 Å². The van der Waals surface area contributed by atoms with Crippen molar-refractivity contribution in [3.8, 4) is 10.7 Å². The first-order valence-corrected chi connectivity index (χ1v) is 8.24. The molecule has 2 aromatic rings. The number of carbonyl (C=O) groups is 1. The minimum absolute atomic E-state index is 0.0190. The third kappa shape index (κ3) is 3.05. The molecule has 116 valence electrons. The Morgan fingerprint density at radius 2 is 2.27 bits per heavy atom. The molecule has 0 saturated carbocycles. The maximum absolute atomic E-state index is 11.9. The molecule has 0 spiro atoms. The molecule has 22 heavy (non-hydrogen) atoms. The van der Waals surface area contributed by atoms with Gasteiger partial charge in [0.05, 0.1) is 4.88 Å². The first-order chi connectivity index (χ1) is 10.5. The van der Waals surface area contributed by atoms with Crippen molar-refractivity contribution in [2.75, 3.05) is 13.1 Å². The molecule has 1 atom stereocenters. The van der Waals surface area contributed by atoms with Gasteiger partial charge in [-0.05, 0) is 18.9 Å². The van der Waals surface area contributed by atoms with Gasteiger partial charge in [-0.15, -0.1) is 22.9 Å². The summed E-state index contributed by atoms with van der Waals surface area (Å²) in [5, 5.41) is 4.77. The first kappa shape index (κ1) is 15.2. The maximum atomic E-state index is 11.9. The zero-order valence-electron chi connectivity index (χ0n) is 12.4. The van der Waals surface area contributed by atoms with Crippen molar-refractivity contribution < 1.29 is 4.79 Å². The zero-order valence-corrected chi connectivity index (χ0v) is 13.9. The zero-order chi connectivity index (χ0) is 15.7. The van der Waals surface area contributed by atoms with Crippen molar-refractivity contribution in [3.05, 3.63) is 23.6 Å². The number of thiazole rings is 1. The van der Waals surface area contributed by atoms with Gasteiger partial charge >= 0.3 is 0 Å². The smallest absolute Gasteiger partial charge is 0.240 e. The van der Waals surface area contributed by atoms with E-state index in [0.717, 1.165) is 16.3 Å². The summed E-state index contributed by atoms with van der Waals surface area (Å²) in [5.74, 6) is 0.671. The Labute approximate surface area is 137 Å². The molecule has 0 bridgehead atoms. The van der Waals surface area contributed by atoms with Crippen LogP contribution >= 0.6 is 22.9 Å². The number of halogens is 1. The molecule has 8 heteroatoms. The first-order valence-electron chi connectivity index (χ1n) is 6.98. The highest BCUT2D eigenvalue weighted by molar-refractivity contribution is 7.16. The fraction of sp³-hybridized carbons (Fsp3) is 0.429. The minimum atomic E-state index is -0.475. The lowest BCUT2D eigenvalue weighted by Crippen LogP contribution is -2.38. The third-order valence-electron chi connectivity index (χ3n) is 3.46. The van der Waals surface area contributed by atoms with Crippen LogP contribution in [0.25, 0.3) is 16.3 Å². The molecule has 1 unspecified atom stereocenters. The van der Waals surface area contributed by atoms with Crippen LogP contribution in [0.4, 0.5) is 0 Å². The topological polar surface area (TPSA) is 63.9 Å². The molecule has 1 aliphatic rings. The Balaban J connectivity index is 1.74. The second kappa shape index (κ2) is 6.18. The van der Waals surface area contributed by atoms with E-state index in [1.807, 2.05) is 7.05 Å². The molecule has 0 N–H and O–H groups in total. The largest absolute Gasteiger partial charge is 0.337 e. The molecular weight excluding hydrogens is 322 g/mol. The van der Waals surface area contributed by atoms with Crippen LogP contribution in [0.5, 0.6) is 0 Å². The Morgan fingerprint density at radius 3 is 2.86 bits per heavy atom. The van der Waals surface area contributed by atoms with Gasteiger partial charge in [0.25, 0.3) is 0 Å². The SMILES string of the molecule is CC(Cl)C(=O)N1CC=C(c2ncc(-c3ncn(C)n3)s2)CC1. The molecule has 0 radical (unpaired) electrons. The summed E-state index contributed by atoms with van der Waals surface area (Å²) in [7, 11) is 1.84. The molecule has 0 fully saturated rings. The van der Waals surface area contributed by atoms with E-state index < -0.39 is 5.38 Å². The Bertz CT molecular complexity index is 720. The van der Waals surface area contributed by atoms with Crippen molar-refractivity contribution in [2.45, 2.75) is 18.7 Å². The van der Waals surface area contributed by atoms with Crippen LogP contribution < -0.4 is 0 Å². The molecule has 1 aliphatic heterocycles. The predicted octanol–water partition coefficient (Wildman–Crippen LogP) is 2.18. The van der Waals surface area contributed by atoms with Crippen LogP contribution in [-0.4, -0.2) is 49.0 Å². The monoisotopic (exact) mass is 337 g/mol. The summed E-state index contributed by atoms with van der Waals surface area (Å²) in [6.45, 7) is 2.97. The lowest BCUT2D eigenvalue weighted by atomic mass is 10.1. The van der Waals surface area contributed by atoms with E-state index in [9.17, 15) is 4.79 Å². The number of hydrogen-bond acceptors (Lipinski definition) is 5. The number of carbonyl (C=O) groups excluding carboxylic acids is 1. The van der Waals surface area contributed by atoms with Gasteiger partial charge < -0.3 is 4.90 Å². The highest BCUT2D eigenvalue weighted by atomic mass is 35.5. The van der Waals surface area contributed by atoms with Crippen LogP contribution in [0, 0.1) is 0 Å². The van der Waals surface area contributed by atoms with Crippen LogP contribution in [0.3, 0.4) is 0 Å². The van der Waals surface area contributed by atoms with Crippen LogP contribution in [0.2, 0.25) is 0 Å². The minimum Gasteiger partial charge on any atom is -0.337 e. The molecule has 3 heterocycles.